The molecule has 4 atom stereocenters. The molecule has 4 unspecified atom stereocenters. The van der Waals surface area contributed by atoms with Crippen LogP contribution >= 0.6 is 12.6 Å². The van der Waals surface area contributed by atoms with Crippen molar-refractivity contribution in [3.63, 3.8) is 0 Å². The van der Waals surface area contributed by atoms with E-state index in [0.717, 1.165) is 0 Å². The maximum Gasteiger partial charge on any atom is 0.327 e. The number of rotatable bonds is 11. The lowest BCUT2D eigenvalue weighted by Crippen LogP contribution is -2.60. The third-order valence-corrected chi connectivity index (χ3v) is 4.68. The van der Waals surface area contributed by atoms with Gasteiger partial charge in [-0.1, -0.05) is 41.5 Å². The van der Waals surface area contributed by atoms with E-state index in [0.29, 0.717) is 0 Å². The molecule has 0 fully saturated rings. The average molecular weight is 419 g/mol. The average Bonchev–Trinajstić information content (AvgIpc) is 2.59. The van der Waals surface area contributed by atoms with Crippen molar-refractivity contribution in [2.75, 3.05) is 5.75 Å². The lowest BCUT2D eigenvalue weighted by atomic mass is 9.98. The van der Waals surface area contributed by atoms with Gasteiger partial charge in [-0.3, -0.25) is 14.4 Å². The highest BCUT2D eigenvalue weighted by Gasteiger charge is 2.33. The number of nitrogens with one attached hydrogen (secondary N) is 3. The van der Waals surface area contributed by atoms with Crippen molar-refractivity contribution in [3.05, 3.63) is 0 Å². The smallest absolute Gasteiger partial charge is 0.327 e. The van der Waals surface area contributed by atoms with E-state index in [4.69, 9.17) is 10.8 Å². The van der Waals surface area contributed by atoms with E-state index in [1.54, 1.807) is 41.5 Å². The van der Waals surface area contributed by atoms with Crippen LogP contribution in [0.25, 0.3) is 0 Å². The number of carbonyl (C=O) groups is 4. The summed E-state index contributed by atoms with van der Waals surface area (Å²) >= 11 is 3.91. The van der Waals surface area contributed by atoms with Crippen molar-refractivity contribution in [2.45, 2.75) is 65.7 Å². The van der Waals surface area contributed by atoms with Crippen LogP contribution in [0.4, 0.5) is 0 Å². The van der Waals surface area contributed by atoms with E-state index in [-0.39, 0.29) is 23.5 Å². The van der Waals surface area contributed by atoms with Gasteiger partial charge in [0.25, 0.3) is 0 Å². The van der Waals surface area contributed by atoms with Gasteiger partial charge in [0.1, 0.15) is 18.1 Å². The Kier molecular flexibility index (Phi) is 11.1. The lowest BCUT2D eigenvalue weighted by molar-refractivity contribution is -0.142. The Morgan fingerprint density at radius 1 is 0.786 bits per heavy atom. The van der Waals surface area contributed by atoms with Crippen molar-refractivity contribution in [1.82, 2.24) is 16.0 Å². The van der Waals surface area contributed by atoms with Gasteiger partial charge >= 0.3 is 5.97 Å². The Morgan fingerprint density at radius 2 is 1.18 bits per heavy atom. The van der Waals surface area contributed by atoms with Gasteiger partial charge in [-0.05, 0) is 17.8 Å². The summed E-state index contributed by atoms with van der Waals surface area (Å²) in [5.74, 6) is -3.56. The number of carboxylic acids is 1. The molecule has 28 heavy (non-hydrogen) atoms. The van der Waals surface area contributed by atoms with E-state index < -0.39 is 47.9 Å². The van der Waals surface area contributed by atoms with Gasteiger partial charge in [-0.2, -0.15) is 12.6 Å². The topological polar surface area (TPSA) is 151 Å². The number of hydrogen-bond acceptors (Lipinski definition) is 6. The highest BCUT2D eigenvalue weighted by Crippen LogP contribution is 2.08. The van der Waals surface area contributed by atoms with Gasteiger partial charge in [0, 0.05) is 5.75 Å². The van der Waals surface area contributed by atoms with Crippen molar-refractivity contribution in [3.8, 4) is 0 Å². The van der Waals surface area contributed by atoms with Crippen molar-refractivity contribution in [2.24, 2.45) is 23.5 Å². The Balaban J connectivity index is 5.29. The van der Waals surface area contributed by atoms with E-state index in [1.807, 2.05) is 0 Å². The third-order valence-electron chi connectivity index (χ3n) is 4.31. The maximum atomic E-state index is 12.7. The Bertz CT molecular complexity index is 568. The molecule has 0 aromatic carbocycles. The molecule has 9 nitrogen and oxygen atoms in total. The predicted molar refractivity (Wildman–Crippen MR) is 110 cm³/mol. The minimum Gasteiger partial charge on any atom is -0.480 e. The van der Waals surface area contributed by atoms with Gasteiger partial charge in [0.05, 0.1) is 6.04 Å². The fourth-order valence-electron chi connectivity index (χ4n) is 2.31. The summed E-state index contributed by atoms with van der Waals surface area (Å²) in [7, 11) is 0. The minimum atomic E-state index is -1.22. The molecule has 0 spiro atoms. The Labute approximate surface area is 172 Å². The van der Waals surface area contributed by atoms with Gasteiger partial charge in [-0.25, -0.2) is 4.79 Å². The molecule has 0 aliphatic rings. The second-order valence-electron chi connectivity index (χ2n) is 7.81. The Hall–Kier alpha value is -1.81. The summed E-state index contributed by atoms with van der Waals surface area (Å²) < 4.78 is 0. The standard InChI is InChI=1S/C18H34N4O5S/c1-8(2)12(19)15(23)21-14(10(5)6)17(25)22-13(9(3)4)16(24)20-11(7-28)18(26)27/h8-14,28H,7,19H2,1-6H3,(H,20,24)(H,21,23)(H,22,25)(H,26,27). The second kappa shape index (κ2) is 11.9. The summed E-state index contributed by atoms with van der Waals surface area (Å²) in [4.78, 5) is 48.6. The first-order valence-electron chi connectivity index (χ1n) is 9.33. The second-order valence-corrected chi connectivity index (χ2v) is 8.18. The van der Waals surface area contributed by atoms with Crippen LogP contribution in [0.1, 0.15) is 41.5 Å². The molecule has 10 heteroatoms. The highest BCUT2D eigenvalue weighted by molar-refractivity contribution is 7.80. The van der Waals surface area contributed by atoms with Crippen LogP contribution in [0, 0.1) is 17.8 Å². The molecule has 0 rings (SSSR count). The van der Waals surface area contributed by atoms with Crippen LogP contribution in [-0.4, -0.2) is 58.7 Å². The zero-order chi connectivity index (χ0) is 22.2. The molecule has 0 radical (unpaired) electrons. The molecular formula is C18H34N4O5S. The molecule has 0 aromatic rings. The van der Waals surface area contributed by atoms with Crippen LogP contribution in [0.15, 0.2) is 0 Å². The lowest BCUT2D eigenvalue weighted by Gasteiger charge is -2.28. The van der Waals surface area contributed by atoms with Crippen molar-refractivity contribution >= 4 is 36.3 Å². The number of carboxylic acid groups (broad SMARTS) is 1. The van der Waals surface area contributed by atoms with E-state index in [9.17, 15) is 19.2 Å². The van der Waals surface area contributed by atoms with E-state index in [2.05, 4.69) is 28.6 Å². The fraction of sp³-hybridized carbons (Fsp3) is 0.778. The van der Waals surface area contributed by atoms with Gasteiger partial charge in [0.15, 0.2) is 0 Å². The molecule has 0 aromatic heterocycles. The summed E-state index contributed by atoms with van der Waals surface area (Å²) in [5.41, 5.74) is 5.83. The number of carbonyl (C=O) groups excluding carboxylic acids is 3. The molecule has 0 aliphatic heterocycles. The van der Waals surface area contributed by atoms with Crippen molar-refractivity contribution in [1.29, 1.82) is 0 Å². The molecule has 0 aliphatic carbocycles. The number of hydrogen-bond donors (Lipinski definition) is 6. The van der Waals surface area contributed by atoms with Crippen molar-refractivity contribution < 1.29 is 24.3 Å². The molecule has 6 N–H and O–H groups in total. The molecular weight excluding hydrogens is 384 g/mol. The minimum absolute atomic E-state index is 0.0857. The zero-order valence-electron chi connectivity index (χ0n) is 17.4. The van der Waals surface area contributed by atoms with Crippen LogP contribution in [-0.2, 0) is 19.2 Å². The predicted octanol–water partition coefficient (Wildman–Crippen LogP) is -0.249. The fourth-order valence-corrected chi connectivity index (χ4v) is 2.56. The number of amides is 3. The molecule has 3 amide bonds. The van der Waals surface area contributed by atoms with Crippen LogP contribution < -0.4 is 21.7 Å². The first kappa shape index (κ1) is 26.2. The number of thiol groups is 1. The van der Waals surface area contributed by atoms with Crippen LogP contribution in [0.2, 0.25) is 0 Å². The third kappa shape index (κ3) is 8.05. The summed E-state index contributed by atoms with van der Waals surface area (Å²) in [6, 6.07) is -3.78. The summed E-state index contributed by atoms with van der Waals surface area (Å²) in [6.45, 7) is 10.6. The van der Waals surface area contributed by atoms with Crippen LogP contribution in [0.5, 0.6) is 0 Å². The van der Waals surface area contributed by atoms with Gasteiger partial charge in [0.2, 0.25) is 17.7 Å². The summed E-state index contributed by atoms with van der Waals surface area (Å²) in [6.07, 6.45) is 0. The summed E-state index contributed by atoms with van der Waals surface area (Å²) in [5, 5.41) is 16.7. The van der Waals surface area contributed by atoms with E-state index >= 15 is 0 Å². The molecule has 0 saturated carbocycles. The van der Waals surface area contributed by atoms with Gasteiger partial charge < -0.3 is 26.8 Å². The molecule has 0 heterocycles. The maximum absolute atomic E-state index is 12.7. The number of nitrogens with two attached hydrogens (primary N) is 1. The molecule has 0 bridgehead atoms. The van der Waals surface area contributed by atoms with Gasteiger partial charge in [-0.15, -0.1) is 0 Å². The number of aliphatic carboxylic acids is 1. The van der Waals surface area contributed by atoms with E-state index in [1.165, 1.54) is 0 Å². The largest absolute Gasteiger partial charge is 0.480 e. The normalized spacial score (nSPS) is 15.7. The first-order valence-corrected chi connectivity index (χ1v) is 9.97. The SMILES string of the molecule is CC(C)C(N)C(=O)NC(C(=O)NC(C(=O)NC(CS)C(=O)O)C(C)C)C(C)C. The Morgan fingerprint density at radius 3 is 1.50 bits per heavy atom. The molecule has 162 valence electrons. The van der Waals surface area contributed by atoms with Crippen LogP contribution in [0.3, 0.4) is 0 Å². The zero-order valence-corrected chi connectivity index (χ0v) is 18.2. The quantitative estimate of drug-likeness (QED) is 0.255. The highest BCUT2D eigenvalue weighted by atomic mass is 32.1. The molecule has 0 saturated heterocycles. The monoisotopic (exact) mass is 418 g/mol. The first-order chi connectivity index (χ1) is 12.8.